The second-order valence-electron chi connectivity index (χ2n) is 4.19. The van der Waals surface area contributed by atoms with Gasteiger partial charge in [0.1, 0.15) is 0 Å². The molecule has 5 nitrogen and oxygen atoms in total. The average molecular weight is 313 g/mol. The molecule has 0 aromatic heterocycles. The van der Waals surface area contributed by atoms with Crippen LogP contribution in [-0.4, -0.2) is 23.1 Å². The molecule has 0 bridgehead atoms. The Balaban J connectivity index is 2.11. The van der Waals surface area contributed by atoms with E-state index in [1.54, 1.807) is 12.1 Å². The molecule has 1 aliphatic rings. The third kappa shape index (κ3) is 2.81. The molecular formula is C12H13BrN2O3. The van der Waals surface area contributed by atoms with Crippen molar-refractivity contribution in [2.75, 3.05) is 5.32 Å². The highest BCUT2D eigenvalue weighted by atomic mass is 79.9. The minimum Gasteiger partial charge on any atom is -0.478 e. The zero-order valence-corrected chi connectivity index (χ0v) is 11.2. The fourth-order valence-corrected chi connectivity index (χ4v) is 2.18. The summed E-state index contributed by atoms with van der Waals surface area (Å²) < 4.78 is 0.547. The first-order valence-corrected chi connectivity index (χ1v) is 6.46. The number of amides is 2. The van der Waals surface area contributed by atoms with Crippen LogP contribution in [0.2, 0.25) is 0 Å². The zero-order chi connectivity index (χ0) is 13.1. The minimum atomic E-state index is -1.07. The number of rotatable bonds is 3. The van der Waals surface area contributed by atoms with E-state index in [2.05, 4.69) is 26.6 Å². The number of carboxylic acid groups (broad SMARTS) is 1. The van der Waals surface area contributed by atoms with Gasteiger partial charge in [-0.3, -0.25) is 0 Å². The normalized spacial score (nSPS) is 14.7. The van der Waals surface area contributed by atoms with Crippen LogP contribution in [0.3, 0.4) is 0 Å². The molecule has 0 heterocycles. The van der Waals surface area contributed by atoms with Crippen molar-refractivity contribution in [1.82, 2.24) is 5.32 Å². The van der Waals surface area contributed by atoms with Gasteiger partial charge in [0.2, 0.25) is 0 Å². The van der Waals surface area contributed by atoms with Gasteiger partial charge in [-0.2, -0.15) is 0 Å². The van der Waals surface area contributed by atoms with Crippen LogP contribution in [0.15, 0.2) is 22.7 Å². The van der Waals surface area contributed by atoms with Crippen LogP contribution in [0.5, 0.6) is 0 Å². The van der Waals surface area contributed by atoms with Gasteiger partial charge in [0.05, 0.1) is 11.3 Å². The number of nitrogens with one attached hydrogen (secondary N) is 2. The van der Waals surface area contributed by atoms with E-state index in [1.165, 1.54) is 6.07 Å². The third-order valence-electron chi connectivity index (χ3n) is 2.92. The van der Waals surface area contributed by atoms with Gasteiger partial charge in [0.25, 0.3) is 0 Å². The van der Waals surface area contributed by atoms with E-state index in [0.717, 1.165) is 19.3 Å². The Morgan fingerprint density at radius 3 is 2.61 bits per heavy atom. The first-order valence-electron chi connectivity index (χ1n) is 5.67. The number of para-hydroxylation sites is 1. The number of urea groups is 1. The fraction of sp³-hybridized carbons (Fsp3) is 0.333. The first-order chi connectivity index (χ1) is 8.58. The molecule has 1 saturated carbocycles. The minimum absolute atomic E-state index is 0.0631. The molecule has 0 aliphatic heterocycles. The van der Waals surface area contributed by atoms with Crippen molar-refractivity contribution in [3.63, 3.8) is 0 Å². The van der Waals surface area contributed by atoms with Crippen LogP contribution >= 0.6 is 15.9 Å². The fourth-order valence-electron chi connectivity index (χ4n) is 1.72. The predicted octanol–water partition coefficient (Wildman–Crippen LogP) is 2.82. The van der Waals surface area contributed by atoms with Gasteiger partial charge >= 0.3 is 12.0 Å². The van der Waals surface area contributed by atoms with Crippen molar-refractivity contribution < 1.29 is 14.7 Å². The molecule has 0 spiro atoms. The maximum absolute atomic E-state index is 11.7. The topological polar surface area (TPSA) is 78.4 Å². The van der Waals surface area contributed by atoms with E-state index >= 15 is 0 Å². The molecule has 1 aromatic rings. The van der Waals surface area contributed by atoms with Gasteiger partial charge in [-0.1, -0.05) is 6.07 Å². The number of hydrogen-bond acceptors (Lipinski definition) is 2. The lowest BCUT2D eigenvalue weighted by Gasteiger charge is -2.26. The summed E-state index contributed by atoms with van der Waals surface area (Å²) in [6, 6.07) is 4.59. The van der Waals surface area contributed by atoms with Gasteiger partial charge < -0.3 is 15.7 Å². The van der Waals surface area contributed by atoms with Crippen LogP contribution in [-0.2, 0) is 0 Å². The Kier molecular flexibility index (Phi) is 3.86. The lowest BCUT2D eigenvalue weighted by atomic mass is 9.93. The highest BCUT2D eigenvalue weighted by Crippen LogP contribution is 2.26. The molecule has 0 saturated heterocycles. The maximum atomic E-state index is 11.7. The van der Waals surface area contributed by atoms with Crippen molar-refractivity contribution in [3.05, 3.63) is 28.2 Å². The monoisotopic (exact) mass is 312 g/mol. The average Bonchev–Trinajstić information content (AvgIpc) is 2.26. The maximum Gasteiger partial charge on any atom is 0.337 e. The molecule has 2 amide bonds. The van der Waals surface area contributed by atoms with E-state index in [9.17, 15) is 9.59 Å². The number of aromatic carboxylic acids is 1. The lowest BCUT2D eigenvalue weighted by molar-refractivity contribution is 0.0698. The predicted molar refractivity (Wildman–Crippen MR) is 70.9 cm³/mol. The Bertz CT molecular complexity index is 486. The summed E-state index contributed by atoms with van der Waals surface area (Å²) in [4.78, 5) is 22.8. The number of carbonyl (C=O) groups is 2. The highest BCUT2D eigenvalue weighted by molar-refractivity contribution is 9.10. The number of hydrogen-bond donors (Lipinski definition) is 3. The van der Waals surface area contributed by atoms with Crippen molar-refractivity contribution in [3.8, 4) is 0 Å². The SMILES string of the molecule is O=C(Nc1c(Br)cccc1C(=O)O)NC1CCC1. The van der Waals surface area contributed by atoms with Crippen molar-refractivity contribution >= 4 is 33.6 Å². The Hall–Kier alpha value is -1.56. The Morgan fingerprint density at radius 1 is 1.33 bits per heavy atom. The van der Waals surface area contributed by atoms with E-state index in [4.69, 9.17) is 5.11 Å². The van der Waals surface area contributed by atoms with Crippen molar-refractivity contribution in [2.45, 2.75) is 25.3 Å². The molecule has 3 N–H and O–H groups in total. The quantitative estimate of drug-likeness (QED) is 0.803. The molecule has 6 heteroatoms. The van der Waals surface area contributed by atoms with E-state index in [-0.39, 0.29) is 23.3 Å². The number of carboxylic acids is 1. The molecule has 2 rings (SSSR count). The van der Waals surface area contributed by atoms with Gasteiger partial charge in [0, 0.05) is 10.5 Å². The Labute approximate surface area is 113 Å². The molecule has 18 heavy (non-hydrogen) atoms. The van der Waals surface area contributed by atoms with Crippen LogP contribution in [0.25, 0.3) is 0 Å². The summed E-state index contributed by atoms with van der Waals surface area (Å²) in [6.45, 7) is 0. The summed E-state index contributed by atoms with van der Waals surface area (Å²) in [5, 5.41) is 14.4. The molecule has 0 atom stereocenters. The zero-order valence-electron chi connectivity index (χ0n) is 9.57. The highest BCUT2D eigenvalue weighted by Gasteiger charge is 2.21. The summed E-state index contributed by atoms with van der Waals surface area (Å²) in [6.07, 6.45) is 3.09. The number of benzene rings is 1. The van der Waals surface area contributed by atoms with Crippen molar-refractivity contribution in [2.24, 2.45) is 0 Å². The second kappa shape index (κ2) is 5.39. The molecule has 1 fully saturated rings. The third-order valence-corrected chi connectivity index (χ3v) is 3.58. The molecule has 96 valence electrons. The van der Waals surface area contributed by atoms with Gasteiger partial charge in [0.15, 0.2) is 0 Å². The van der Waals surface area contributed by atoms with Crippen LogP contribution in [0, 0.1) is 0 Å². The Morgan fingerprint density at radius 2 is 2.06 bits per heavy atom. The number of carbonyl (C=O) groups excluding carboxylic acids is 1. The number of anilines is 1. The number of halogens is 1. The molecular weight excluding hydrogens is 300 g/mol. The van der Waals surface area contributed by atoms with E-state index < -0.39 is 5.97 Å². The molecule has 0 radical (unpaired) electrons. The largest absolute Gasteiger partial charge is 0.478 e. The van der Waals surface area contributed by atoms with Crippen LogP contribution < -0.4 is 10.6 Å². The smallest absolute Gasteiger partial charge is 0.337 e. The van der Waals surface area contributed by atoms with Crippen molar-refractivity contribution in [1.29, 1.82) is 0 Å². The van der Waals surface area contributed by atoms with E-state index in [1.807, 2.05) is 0 Å². The second-order valence-corrected chi connectivity index (χ2v) is 5.05. The summed E-state index contributed by atoms with van der Waals surface area (Å²) in [5.41, 5.74) is 0.343. The first kappa shape index (κ1) is 12.9. The molecule has 0 unspecified atom stereocenters. The molecule has 1 aliphatic carbocycles. The van der Waals surface area contributed by atoms with Gasteiger partial charge in [-0.05, 0) is 47.3 Å². The summed E-state index contributed by atoms with van der Waals surface area (Å²) in [7, 11) is 0. The standard InChI is InChI=1S/C12H13BrN2O3/c13-9-6-2-5-8(11(16)17)10(9)15-12(18)14-7-3-1-4-7/h2,5-7H,1,3-4H2,(H,16,17)(H2,14,15,18). The van der Waals surface area contributed by atoms with Crippen LogP contribution in [0.1, 0.15) is 29.6 Å². The summed E-state index contributed by atoms with van der Waals surface area (Å²) in [5.74, 6) is -1.07. The van der Waals surface area contributed by atoms with E-state index in [0.29, 0.717) is 4.47 Å². The molecule has 1 aromatic carbocycles. The van der Waals surface area contributed by atoms with Gasteiger partial charge in [-0.25, -0.2) is 9.59 Å². The van der Waals surface area contributed by atoms with Crippen LogP contribution in [0.4, 0.5) is 10.5 Å². The van der Waals surface area contributed by atoms with Gasteiger partial charge in [-0.15, -0.1) is 0 Å². The lowest BCUT2D eigenvalue weighted by Crippen LogP contribution is -2.42. The summed E-state index contributed by atoms with van der Waals surface area (Å²) >= 11 is 3.24.